The molecule has 2 heterocycles. The minimum atomic E-state index is -0.979. The zero-order valence-corrected chi connectivity index (χ0v) is 18.5. The van der Waals surface area contributed by atoms with Gasteiger partial charge in [-0.3, -0.25) is 14.5 Å². The van der Waals surface area contributed by atoms with Crippen molar-refractivity contribution in [1.29, 1.82) is 0 Å². The second-order valence-corrected chi connectivity index (χ2v) is 8.81. The third-order valence-electron chi connectivity index (χ3n) is 4.59. The summed E-state index contributed by atoms with van der Waals surface area (Å²) in [5.74, 6) is -1.28. The quantitative estimate of drug-likeness (QED) is 0.410. The average Bonchev–Trinajstić information content (AvgIpc) is 3.29. The zero-order valence-electron chi connectivity index (χ0n) is 16.1. The number of carbonyl (C=O) groups excluding carboxylic acids is 1. The monoisotopic (exact) mass is 469 g/mol. The number of rotatable bonds is 6. The van der Waals surface area contributed by atoms with Crippen LogP contribution in [0, 0.1) is 0 Å². The molecule has 31 heavy (non-hydrogen) atoms. The Morgan fingerprint density at radius 3 is 2.55 bits per heavy atom. The second-order valence-electron chi connectivity index (χ2n) is 6.70. The van der Waals surface area contributed by atoms with Crippen LogP contribution in [-0.2, 0) is 9.59 Å². The Morgan fingerprint density at radius 1 is 1.16 bits per heavy atom. The molecule has 0 unspecified atom stereocenters. The van der Waals surface area contributed by atoms with Crippen molar-refractivity contribution < 1.29 is 14.7 Å². The van der Waals surface area contributed by atoms with Gasteiger partial charge in [0.25, 0.3) is 5.91 Å². The number of halogens is 1. The summed E-state index contributed by atoms with van der Waals surface area (Å²) in [6.45, 7) is 0.0463. The van der Waals surface area contributed by atoms with Gasteiger partial charge >= 0.3 is 5.97 Å². The largest absolute Gasteiger partial charge is 0.481 e. The number of hydrogen-bond donors (Lipinski definition) is 1. The molecule has 0 spiro atoms. The van der Waals surface area contributed by atoms with Gasteiger partial charge in [-0.25, -0.2) is 4.68 Å². The first-order chi connectivity index (χ1) is 14.9. The lowest BCUT2D eigenvalue weighted by Crippen LogP contribution is -2.30. The molecule has 0 radical (unpaired) electrons. The number of aliphatic carboxylic acids is 1. The van der Waals surface area contributed by atoms with Gasteiger partial charge in [0.05, 0.1) is 22.7 Å². The highest BCUT2D eigenvalue weighted by Crippen LogP contribution is 2.35. The summed E-state index contributed by atoms with van der Waals surface area (Å²) < 4.78 is 2.10. The van der Waals surface area contributed by atoms with E-state index in [2.05, 4.69) is 0 Å². The molecule has 0 bridgehead atoms. The van der Waals surface area contributed by atoms with Gasteiger partial charge in [-0.05, 0) is 30.3 Å². The van der Waals surface area contributed by atoms with E-state index in [1.54, 1.807) is 22.9 Å². The van der Waals surface area contributed by atoms with Crippen LogP contribution in [0.3, 0.4) is 0 Å². The molecule has 3 aromatic rings. The van der Waals surface area contributed by atoms with Crippen molar-refractivity contribution in [3.05, 3.63) is 76.3 Å². The van der Waals surface area contributed by atoms with Gasteiger partial charge in [0.2, 0.25) is 0 Å². The normalized spacial score (nSPS) is 15.1. The van der Waals surface area contributed by atoms with Crippen LogP contribution in [0.5, 0.6) is 0 Å². The molecule has 1 amide bonds. The molecule has 0 atom stereocenters. The van der Waals surface area contributed by atoms with Crippen molar-refractivity contribution in [2.45, 2.75) is 6.42 Å². The maximum Gasteiger partial charge on any atom is 0.305 e. The fourth-order valence-electron chi connectivity index (χ4n) is 3.08. The van der Waals surface area contributed by atoms with Gasteiger partial charge in [0, 0.05) is 28.9 Å². The van der Waals surface area contributed by atoms with E-state index in [0.717, 1.165) is 28.6 Å². The van der Waals surface area contributed by atoms with Crippen LogP contribution in [0.25, 0.3) is 23.0 Å². The van der Waals surface area contributed by atoms with Crippen LogP contribution in [0.2, 0.25) is 5.02 Å². The summed E-state index contributed by atoms with van der Waals surface area (Å²) in [5.41, 5.74) is 3.17. The highest BCUT2D eigenvalue weighted by molar-refractivity contribution is 8.26. The maximum absolute atomic E-state index is 12.8. The number of carbonyl (C=O) groups is 2. The van der Waals surface area contributed by atoms with Crippen LogP contribution in [0.1, 0.15) is 12.0 Å². The Balaban J connectivity index is 1.74. The first-order valence-corrected chi connectivity index (χ1v) is 10.9. The van der Waals surface area contributed by atoms with Gasteiger partial charge < -0.3 is 5.11 Å². The predicted octanol–water partition coefficient (Wildman–Crippen LogP) is 4.87. The molecule has 4 rings (SSSR count). The standard InChI is InChI=1S/C22H16ClN3O3S2/c23-16-8-6-14(7-9-16)20-15(13-26(24-20)17-4-2-1-3-5-17)12-18-21(29)25(22(30)31-18)11-10-19(27)28/h1-9,12-13H,10-11H2,(H,27,28)/b18-12-. The van der Waals surface area contributed by atoms with Crippen molar-refractivity contribution in [2.24, 2.45) is 0 Å². The van der Waals surface area contributed by atoms with Crippen molar-refractivity contribution in [3.8, 4) is 16.9 Å². The van der Waals surface area contributed by atoms with Crippen LogP contribution in [-0.4, -0.2) is 42.5 Å². The lowest BCUT2D eigenvalue weighted by atomic mass is 10.1. The highest BCUT2D eigenvalue weighted by atomic mass is 35.5. The minimum absolute atomic E-state index is 0.0463. The molecule has 6 nitrogen and oxygen atoms in total. The smallest absolute Gasteiger partial charge is 0.305 e. The third kappa shape index (κ3) is 4.71. The fourth-order valence-corrected chi connectivity index (χ4v) is 4.50. The molecule has 1 fully saturated rings. The molecule has 1 aromatic heterocycles. The Hall–Kier alpha value is -2.94. The molecular weight excluding hydrogens is 454 g/mol. The third-order valence-corrected chi connectivity index (χ3v) is 6.22. The first-order valence-electron chi connectivity index (χ1n) is 9.30. The number of hydrogen-bond acceptors (Lipinski definition) is 5. The van der Waals surface area contributed by atoms with Crippen molar-refractivity contribution in [1.82, 2.24) is 14.7 Å². The summed E-state index contributed by atoms with van der Waals surface area (Å²) in [4.78, 5) is 25.4. The van der Waals surface area contributed by atoms with E-state index in [4.69, 9.17) is 34.0 Å². The maximum atomic E-state index is 12.8. The van der Waals surface area contributed by atoms with Crippen LogP contribution < -0.4 is 0 Å². The van der Waals surface area contributed by atoms with E-state index in [1.165, 1.54) is 4.90 Å². The fraction of sp³-hybridized carbons (Fsp3) is 0.0909. The summed E-state index contributed by atoms with van der Waals surface area (Å²) in [5, 5.41) is 14.3. The Labute approximate surface area is 193 Å². The van der Waals surface area contributed by atoms with Gasteiger partial charge in [-0.1, -0.05) is 65.9 Å². The van der Waals surface area contributed by atoms with Gasteiger partial charge in [0.15, 0.2) is 0 Å². The molecule has 2 aromatic carbocycles. The van der Waals surface area contributed by atoms with E-state index in [-0.39, 0.29) is 18.9 Å². The highest BCUT2D eigenvalue weighted by Gasteiger charge is 2.32. The molecule has 9 heteroatoms. The number of benzene rings is 2. The summed E-state index contributed by atoms with van der Waals surface area (Å²) in [6.07, 6.45) is 3.43. The average molecular weight is 470 g/mol. The molecule has 1 aliphatic heterocycles. The molecule has 1 aliphatic rings. The Kier molecular flexibility index (Phi) is 6.22. The Bertz CT molecular complexity index is 1190. The number of thiocarbonyl (C=S) groups is 1. The number of nitrogens with zero attached hydrogens (tertiary/aromatic N) is 3. The second kappa shape index (κ2) is 9.05. The van der Waals surface area contributed by atoms with E-state index >= 15 is 0 Å². The number of carboxylic acid groups (broad SMARTS) is 1. The molecule has 1 N–H and O–H groups in total. The number of thioether (sulfide) groups is 1. The Morgan fingerprint density at radius 2 is 1.87 bits per heavy atom. The topological polar surface area (TPSA) is 75.4 Å². The molecule has 0 aliphatic carbocycles. The number of aromatic nitrogens is 2. The summed E-state index contributed by atoms with van der Waals surface area (Å²) in [6, 6.07) is 17.0. The van der Waals surface area contributed by atoms with E-state index in [1.807, 2.05) is 48.7 Å². The van der Waals surface area contributed by atoms with Crippen LogP contribution in [0.15, 0.2) is 65.7 Å². The minimum Gasteiger partial charge on any atom is -0.481 e. The predicted molar refractivity (Wildman–Crippen MR) is 126 cm³/mol. The van der Waals surface area contributed by atoms with Gasteiger partial charge in [0.1, 0.15) is 4.32 Å². The summed E-state index contributed by atoms with van der Waals surface area (Å²) in [7, 11) is 0. The van der Waals surface area contributed by atoms with Crippen molar-refractivity contribution in [3.63, 3.8) is 0 Å². The van der Waals surface area contributed by atoms with E-state index in [9.17, 15) is 9.59 Å². The van der Waals surface area contributed by atoms with Gasteiger partial charge in [-0.15, -0.1) is 0 Å². The first kappa shape index (κ1) is 21.3. The molecular formula is C22H16ClN3O3S2. The molecule has 1 saturated heterocycles. The number of amides is 1. The van der Waals surface area contributed by atoms with Crippen LogP contribution in [0.4, 0.5) is 0 Å². The lowest BCUT2D eigenvalue weighted by molar-refractivity contribution is -0.137. The van der Waals surface area contributed by atoms with Gasteiger partial charge in [-0.2, -0.15) is 5.10 Å². The van der Waals surface area contributed by atoms with Crippen molar-refractivity contribution in [2.75, 3.05) is 6.54 Å². The van der Waals surface area contributed by atoms with Crippen LogP contribution >= 0.6 is 35.6 Å². The van der Waals surface area contributed by atoms with E-state index < -0.39 is 5.97 Å². The summed E-state index contributed by atoms with van der Waals surface area (Å²) >= 11 is 12.5. The molecule has 156 valence electrons. The lowest BCUT2D eigenvalue weighted by Gasteiger charge is -2.12. The SMILES string of the molecule is O=C(O)CCN1C(=O)/C(=C/c2cn(-c3ccccc3)nc2-c2ccc(Cl)cc2)SC1=S. The van der Waals surface area contributed by atoms with E-state index in [0.29, 0.717) is 19.9 Å². The number of carboxylic acids is 1. The zero-order chi connectivity index (χ0) is 22.0. The van der Waals surface area contributed by atoms with Crippen molar-refractivity contribution >= 4 is 57.9 Å². The number of para-hydroxylation sites is 1. The molecule has 0 saturated carbocycles.